The van der Waals surface area contributed by atoms with Crippen molar-refractivity contribution < 1.29 is 0 Å². The molecule has 1 saturated heterocycles. The average Bonchev–Trinajstić information content (AvgIpc) is 2.69. The molecule has 2 unspecified atom stereocenters. The lowest BCUT2D eigenvalue weighted by Gasteiger charge is -2.23. The van der Waals surface area contributed by atoms with Gasteiger partial charge in [0, 0.05) is 0 Å². The quantitative estimate of drug-likeness (QED) is 0.691. The van der Waals surface area contributed by atoms with Crippen molar-refractivity contribution in [2.24, 2.45) is 5.92 Å². The molecule has 0 aromatic carbocycles. The fourth-order valence-electron chi connectivity index (χ4n) is 3.20. The van der Waals surface area contributed by atoms with Crippen LogP contribution in [0.15, 0.2) is 0 Å². The number of nitriles is 1. The molecule has 2 atom stereocenters. The Labute approximate surface area is 125 Å². The Morgan fingerprint density at radius 1 is 1.30 bits per heavy atom. The van der Waals surface area contributed by atoms with E-state index in [0.717, 1.165) is 18.8 Å². The van der Waals surface area contributed by atoms with Crippen LogP contribution in [-0.2, 0) is 0 Å². The van der Waals surface area contributed by atoms with Crippen molar-refractivity contribution >= 4 is 0 Å². The predicted molar refractivity (Wildman–Crippen MR) is 85.6 cm³/mol. The number of hydrogen-bond acceptors (Lipinski definition) is 3. The van der Waals surface area contributed by atoms with E-state index < -0.39 is 0 Å². The summed E-state index contributed by atoms with van der Waals surface area (Å²) in [6, 6.07) is 2.37. The number of nitrogens with one attached hydrogen (secondary N) is 1. The third-order valence-corrected chi connectivity index (χ3v) is 4.84. The van der Waals surface area contributed by atoms with Gasteiger partial charge in [-0.1, -0.05) is 19.8 Å². The molecular formula is C17H33N3. The van der Waals surface area contributed by atoms with E-state index in [0.29, 0.717) is 0 Å². The van der Waals surface area contributed by atoms with E-state index in [2.05, 4.69) is 23.2 Å². The maximum atomic E-state index is 9.13. The average molecular weight is 279 g/mol. The standard InChI is InChI=1S/C17H33N3/c1-4-8-16-9-7-13-20(14-10-16)12-6-5-11-17(2,15-18)19-3/h16,19H,4-14H2,1-3H3. The number of unbranched alkanes of at least 4 members (excludes halogenated alkanes) is 1. The van der Waals surface area contributed by atoms with Crippen molar-refractivity contribution in [2.75, 3.05) is 26.7 Å². The predicted octanol–water partition coefficient (Wildman–Crippen LogP) is 3.56. The Morgan fingerprint density at radius 2 is 2.10 bits per heavy atom. The molecule has 1 N–H and O–H groups in total. The van der Waals surface area contributed by atoms with Crippen molar-refractivity contribution in [1.29, 1.82) is 5.26 Å². The maximum absolute atomic E-state index is 9.13. The number of rotatable bonds is 8. The highest BCUT2D eigenvalue weighted by molar-refractivity contribution is 5.02. The fraction of sp³-hybridized carbons (Fsp3) is 0.941. The molecule has 0 aliphatic carbocycles. The Hall–Kier alpha value is -0.590. The van der Waals surface area contributed by atoms with Gasteiger partial charge in [-0.2, -0.15) is 5.26 Å². The van der Waals surface area contributed by atoms with Gasteiger partial charge in [0.15, 0.2) is 0 Å². The molecule has 1 heterocycles. The van der Waals surface area contributed by atoms with Gasteiger partial charge in [-0.25, -0.2) is 0 Å². The van der Waals surface area contributed by atoms with E-state index in [1.54, 1.807) is 0 Å². The van der Waals surface area contributed by atoms with Crippen LogP contribution in [0.4, 0.5) is 0 Å². The Bertz CT molecular complexity index is 297. The number of nitrogens with zero attached hydrogens (tertiary/aromatic N) is 2. The molecule has 0 aromatic rings. The molecule has 0 spiro atoms. The SMILES string of the molecule is CCCC1CCCN(CCCCC(C)(C#N)NC)CC1. The molecule has 1 aliphatic heterocycles. The first kappa shape index (κ1) is 17.5. The molecule has 0 saturated carbocycles. The highest BCUT2D eigenvalue weighted by atomic mass is 15.1. The summed E-state index contributed by atoms with van der Waals surface area (Å²) < 4.78 is 0. The molecule has 0 bridgehead atoms. The summed E-state index contributed by atoms with van der Waals surface area (Å²) in [5.41, 5.74) is -0.342. The molecule has 3 nitrogen and oxygen atoms in total. The summed E-state index contributed by atoms with van der Waals surface area (Å²) in [7, 11) is 1.88. The second-order valence-corrected chi connectivity index (χ2v) is 6.58. The second-order valence-electron chi connectivity index (χ2n) is 6.58. The van der Waals surface area contributed by atoms with Gasteiger partial charge in [0.2, 0.25) is 0 Å². The zero-order chi connectivity index (χ0) is 14.8. The Balaban J connectivity index is 2.18. The maximum Gasteiger partial charge on any atom is 0.103 e. The van der Waals surface area contributed by atoms with Crippen LogP contribution in [0.5, 0.6) is 0 Å². The summed E-state index contributed by atoms with van der Waals surface area (Å²) in [4.78, 5) is 2.64. The monoisotopic (exact) mass is 279 g/mol. The fourth-order valence-corrected chi connectivity index (χ4v) is 3.20. The van der Waals surface area contributed by atoms with Crippen molar-refractivity contribution in [1.82, 2.24) is 10.2 Å². The van der Waals surface area contributed by atoms with Gasteiger partial charge >= 0.3 is 0 Å². The first-order chi connectivity index (χ1) is 9.63. The van der Waals surface area contributed by atoms with Gasteiger partial charge in [-0.05, 0) is 78.0 Å². The smallest absolute Gasteiger partial charge is 0.103 e. The first-order valence-electron chi connectivity index (χ1n) is 8.46. The zero-order valence-electron chi connectivity index (χ0n) is 13.7. The molecule has 1 fully saturated rings. The third kappa shape index (κ3) is 6.24. The van der Waals surface area contributed by atoms with Gasteiger partial charge in [0.1, 0.15) is 5.54 Å². The van der Waals surface area contributed by atoms with Crippen LogP contribution in [0.25, 0.3) is 0 Å². The van der Waals surface area contributed by atoms with Gasteiger partial charge in [-0.3, -0.25) is 0 Å². The van der Waals surface area contributed by atoms with E-state index >= 15 is 0 Å². The minimum absolute atomic E-state index is 0.342. The lowest BCUT2D eigenvalue weighted by molar-refractivity contribution is 0.268. The van der Waals surface area contributed by atoms with Gasteiger partial charge < -0.3 is 10.2 Å². The zero-order valence-corrected chi connectivity index (χ0v) is 13.7. The Morgan fingerprint density at radius 3 is 2.75 bits per heavy atom. The molecule has 1 rings (SSSR count). The Kier molecular flexibility index (Phi) is 8.18. The van der Waals surface area contributed by atoms with Crippen molar-refractivity contribution in [3.63, 3.8) is 0 Å². The van der Waals surface area contributed by atoms with E-state index in [-0.39, 0.29) is 5.54 Å². The van der Waals surface area contributed by atoms with Gasteiger partial charge in [0.25, 0.3) is 0 Å². The van der Waals surface area contributed by atoms with E-state index in [4.69, 9.17) is 5.26 Å². The van der Waals surface area contributed by atoms with E-state index in [1.165, 1.54) is 58.2 Å². The van der Waals surface area contributed by atoms with Crippen molar-refractivity contribution in [3.8, 4) is 6.07 Å². The van der Waals surface area contributed by atoms with Crippen LogP contribution in [0.2, 0.25) is 0 Å². The van der Waals surface area contributed by atoms with Gasteiger partial charge in [-0.15, -0.1) is 0 Å². The van der Waals surface area contributed by atoms with Crippen molar-refractivity contribution in [2.45, 2.75) is 70.8 Å². The molecule has 0 amide bonds. The lowest BCUT2D eigenvalue weighted by atomic mass is 9.96. The van der Waals surface area contributed by atoms with Crippen LogP contribution >= 0.6 is 0 Å². The van der Waals surface area contributed by atoms with Crippen LogP contribution in [-0.4, -0.2) is 37.1 Å². The molecule has 3 heteroatoms. The number of likely N-dealkylation sites (tertiary alicyclic amines) is 1. The highest BCUT2D eigenvalue weighted by Gasteiger charge is 2.20. The molecular weight excluding hydrogens is 246 g/mol. The topological polar surface area (TPSA) is 39.1 Å². The molecule has 1 aliphatic rings. The summed E-state index contributed by atoms with van der Waals surface area (Å²) in [5.74, 6) is 0.969. The molecule has 0 radical (unpaired) electrons. The summed E-state index contributed by atoms with van der Waals surface area (Å²) in [6.07, 6.45) is 10.2. The number of hydrogen-bond donors (Lipinski definition) is 1. The molecule has 0 aromatic heterocycles. The van der Waals surface area contributed by atoms with Crippen LogP contribution in [0, 0.1) is 17.2 Å². The minimum atomic E-state index is -0.342. The van der Waals surface area contributed by atoms with E-state index in [9.17, 15) is 0 Å². The van der Waals surface area contributed by atoms with Gasteiger partial charge in [0.05, 0.1) is 6.07 Å². The highest BCUT2D eigenvalue weighted by Crippen LogP contribution is 2.22. The lowest BCUT2D eigenvalue weighted by Crippen LogP contribution is -2.38. The molecule has 20 heavy (non-hydrogen) atoms. The summed E-state index contributed by atoms with van der Waals surface area (Å²) in [5, 5.41) is 12.2. The van der Waals surface area contributed by atoms with Crippen LogP contribution in [0.3, 0.4) is 0 Å². The van der Waals surface area contributed by atoms with E-state index in [1.807, 2.05) is 14.0 Å². The second kappa shape index (κ2) is 9.37. The van der Waals surface area contributed by atoms with Crippen LogP contribution in [0.1, 0.15) is 65.2 Å². The third-order valence-electron chi connectivity index (χ3n) is 4.84. The largest absolute Gasteiger partial charge is 0.303 e. The minimum Gasteiger partial charge on any atom is -0.303 e. The normalized spacial score (nSPS) is 23.8. The van der Waals surface area contributed by atoms with Crippen molar-refractivity contribution in [3.05, 3.63) is 0 Å². The molecule has 116 valence electrons. The van der Waals surface area contributed by atoms with Crippen LogP contribution < -0.4 is 5.32 Å². The summed E-state index contributed by atoms with van der Waals surface area (Å²) >= 11 is 0. The first-order valence-corrected chi connectivity index (χ1v) is 8.46. The summed E-state index contributed by atoms with van der Waals surface area (Å²) in [6.45, 7) is 8.07.